The lowest BCUT2D eigenvalue weighted by molar-refractivity contribution is 0.0955. The number of ether oxygens (including phenoxy) is 1. The van der Waals surface area contributed by atoms with Gasteiger partial charge in [0.1, 0.15) is 5.75 Å². The molecule has 5 heteroatoms. The molecule has 3 aromatic rings. The molecule has 0 heterocycles. The van der Waals surface area contributed by atoms with E-state index in [2.05, 4.69) is 17.6 Å². The smallest absolute Gasteiger partial charge is 0.259 e. The highest BCUT2D eigenvalue weighted by atomic mass is 16.5. The summed E-state index contributed by atoms with van der Waals surface area (Å²) in [6, 6.07) is 24.1. The number of unbranched alkanes of at least 4 members (excludes halogenated alkanes) is 1. The van der Waals surface area contributed by atoms with Gasteiger partial charge in [-0.1, -0.05) is 67.9 Å². The molecule has 0 spiro atoms. The second-order valence-corrected chi connectivity index (χ2v) is 7.19. The number of rotatable bonds is 10. The number of hydrogen-bond donors (Lipinski definition) is 2. The van der Waals surface area contributed by atoms with E-state index in [4.69, 9.17) is 4.74 Å². The predicted octanol–water partition coefficient (Wildman–Crippen LogP) is 5.09. The average Bonchev–Trinajstić information content (AvgIpc) is 2.80. The first kappa shape index (κ1) is 22.1. The van der Waals surface area contributed by atoms with Gasteiger partial charge < -0.3 is 15.4 Å². The SMILES string of the molecule is CCCCOc1ccccc1C(=O)Nc1ccccc1C(=O)NCCc1ccccc1. The molecule has 3 aromatic carbocycles. The Labute approximate surface area is 183 Å². The quantitative estimate of drug-likeness (QED) is 0.452. The van der Waals surface area contributed by atoms with E-state index in [0.717, 1.165) is 24.8 Å². The van der Waals surface area contributed by atoms with Gasteiger partial charge in [-0.25, -0.2) is 0 Å². The number of carbonyl (C=O) groups excluding carboxylic acids is 2. The van der Waals surface area contributed by atoms with E-state index >= 15 is 0 Å². The van der Waals surface area contributed by atoms with Crippen molar-refractivity contribution in [3.63, 3.8) is 0 Å². The molecule has 0 radical (unpaired) electrons. The number of amides is 2. The first-order chi connectivity index (χ1) is 15.2. The minimum absolute atomic E-state index is 0.223. The van der Waals surface area contributed by atoms with Crippen LogP contribution in [0.25, 0.3) is 0 Å². The summed E-state index contributed by atoms with van der Waals surface area (Å²) in [5.41, 5.74) is 2.49. The molecule has 0 saturated carbocycles. The average molecular weight is 417 g/mol. The molecule has 5 nitrogen and oxygen atoms in total. The molecule has 2 amide bonds. The van der Waals surface area contributed by atoms with Crippen LogP contribution in [0.15, 0.2) is 78.9 Å². The first-order valence-corrected chi connectivity index (χ1v) is 10.6. The third-order valence-corrected chi connectivity index (χ3v) is 4.85. The molecule has 0 fully saturated rings. The molecule has 0 aliphatic rings. The van der Waals surface area contributed by atoms with Crippen LogP contribution in [0.1, 0.15) is 46.0 Å². The summed E-state index contributed by atoms with van der Waals surface area (Å²) < 4.78 is 5.77. The lowest BCUT2D eigenvalue weighted by atomic mass is 10.1. The first-order valence-electron chi connectivity index (χ1n) is 10.6. The van der Waals surface area contributed by atoms with Gasteiger partial charge in [-0.3, -0.25) is 9.59 Å². The Hall–Kier alpha value is -3.60. The Morgan fingerprint density at radius 3 is 2.26 bits per heavy atom. The van der Waals surface area contributed by atoms with E-state index in [9.17, 15) is 9.59 Å². The summed E-state index contributed by atoms with van der Waals surface area (Å²) >= 11 is 0. The van der Waals surface area contributed by atoms with Crippen molar-refractivity contribution < 1.29 is 14.3 Å². The fraction of sp³-hybridized carbons (Fsp3) is 0.231. The van der Waals surface area contributed by atoms with Crippen LogP contribution in [-0.2, 0) is 6.42 Å². The normalized spacial score (nSPS) is 10.4. The van der Waals surface area contributed by atoms with Gasteiger partial charge in [0, 0.05) is 6.54 Å². The van der Waals surface area contributed by atoms with Gasteiger partial charge in [0.05, 0.1) is 23.4 Å². The minimum Gasteiger partial charge on any atom is -0.493 e. The number of benzene rings is 3. The predicted molar refractivity (Wildman–Crippen MR) is 124 cm³/mol. The highest BCUT2D eigenvalue weighted by molar-refractivity contribution is 6.10. The number of anilines is 1. The third-order valence-electron chi connectivity index (χ3n) is 4.85. The molecule has 0 aliphatic heterocycles. The molecule has 160 valence electrons. The maximum Gasteiger partial charge on any atom is 0.259 e. The number of para-hydroxylation sites is 2. The third kappa shape index (κ3) is 6.44. The summed E-state index contributed by atoms with van der Waals surface area (Å²) in [7, 11) is 0. The van der Waals surface area contributed by atoms with Gasteiger partial charge in [-0.05, 0) is 42.7 Å². The van der Waals surface area contributed by atoms with Crippen LogP contribution in [0.5, 0.6) is 5.75 Å². The van der Waals surface area contributed by atoms with Gasteiger partial charge in [-0.15, -0.1) is 0 Å². The van der Waals surface area contributed by atoms with E-state index in [1.165, 1.54) is 0 Å². The fourth-order valence-electron chi connectivity index (χ4n) is 3.15. The lowest BCUT2D eigenvalue weighted by Gasteiger charge is -2.14. The van der Waals surface area contributed by atoms with Crippen LogP contribution in [0.4, 0.5) is 5.69 Å². The van der Waals surface area contributed by atoms with Crippen molar-refractivity contribution in [1.82, 2.24) is 5.32 Å². The van der Waals surface area contributed by atoms with Crippen LogP contribution in [-0.4, -0.2) is 25.0 Å². The monoisotopic (exact) mass is 416 g/mol. The van der Waals surface area contributed by atoms with Gasteiger partial charge in [0.15, 0.2) is 0 Å². The number of carbonyl (C=O) groups is 2. The highest BCUT2D eigenvalue weighted by Gasteiger charge is 2.16. The van der Waals surface area contributed by atoms with Gasteiger partial charge in [0.2, 0.25) is 0 Å². The zero-order valence-corrected chi connectivity index (χ0v) is 17.8. The molecular formula is C26H28N2O3. The molecule has 31 heavy (non-hydrogen) atoms. The Morgan fingerprint density at radius 1 is 0.806 bits per heavy atom. The number of nitrogens with one attached hydrogen (secondary N) is 2. The van der Waals surface area contributed by atoms with Crippen LogP contribution in [0.2, 0.25) is 0 Å². The van der Waals surface area contributed by atoms with Crippen molar-refractivity contribution in [2.24, 2.45) is 0 Å². The van der Waals surface area contributed by atoms with E-state index in [1.807, 2.05) is 36.4 Å². The zero-order chi connectivity index (χ0) is 21.9. The molecule has 0 aliphatic carbocycles. The van der Waals surface area contributed by atoms with Crippen molar-refractivity contribution in [3.05, 3.63) is 95.6 Å². The second kappa shape index (κ2) is 11.6. The van der Waals surface area contributed by atoms with Gasteiger partial charge in [0.25, 0.3) is 11.8 Å². The van der Waals surface area contributed by atoms with Crippen LogP contribution >= 0.6 is 0 Å². The molecule has 0 atom stereocenters. The molecular weight excluding hydrogens is 388 g/mol. The maximum atomic E-state index is 12.9. The summed E-state index contributed by atoms with van der Waals surface area (Å²) in [6.07, 6.45) is 2.67. The van der Waals surface area contributed by atoms with Crippen molar-refractivity contribution in [1.29, 1.82) is 0 Å². The van der Waals surface area contributed by atoms with E-state index in [1.54, 1.807) is 42.5 Å². The Morgan fingerprint density at radius 2 is 1.48 bits per heavy atom. The van der Waals surface area contributed by atoms with E-state index in [0.29, 0.717) is 35.7 Å². The standard InChI is InChI=1S/C26H28N2O3/c1-2-3-19-31-24-16-10-8-14-22(24)26(30)28-23-15-9-7-13-21(23)25(29)27-18-17-20-11-5-4-6-12-20/h4-16H,2-3,17-19H2,1H3,(H,27,29)(H,28,30). The maximum absolute atomic E-state index is 12.9. The summed E-state index contributed by atoms with van der Waals surface area (Å²) in [4.78, 5) is 25.6. The van der Waals surface area contributed by atoms with E-state index in [-0.39, 0.29) is 11.8 Å². The van der Waals surface area contributed by atoms with Crippen molar-refractivity contribution in [2.45, 2.75) is 26.2 Å². The summed E-state index contributed by atoms with van der Waals surface area (Å²) in [5, 5.41) is 5.80. The van der Waals surface area contributed by atoms with Gasteiger partial charge >= 0.3 is 0 Å². The number of hydrogen-bond acceptors (Lipinski definition) is 3. The molecule has 0 bridgehead atoms. The van der Waals surface area contributed by atoms with Gasteiger partial charge in [-0.2, -0.15) is 0 Å². The molecule has 2 N–H and O–H groups in total. The largest absolute Gasteiger partial charge is 0.493 e. The van der Waals surface area contributed by atoms with E-state index < -0.39 is 0 Å². The van der Waals surface area contributed by atoms with Crippen LogP contribution in [0, 0.1) is 0 Å². The van der Waals surface area contributed by atoms with Crippen LogP contribution < -0.4 is 15.4 Å². The fourth-order valence-corrected chi connectivity index (χ4v) is 3.15. The Bertz CT molecular complexity index is 1000. The Kier molecular flexibility index (Phi) is 8.23. The highest BCUT2D eigenvalue weighted by Crippen LogP contribution is 2.22. The Balaban J connectivity index is 1.66. The molecule has 0 aromatic heterocycles. The molecule has 3 rings (SSSR count). The molecule has 0 saturated heterocycles. The van der Waals surface area contributed by atoms with Crippen molar-refractivity contribution in [3.8, 4) is 5.75 Å². The minimum atomic E-state index is -0.309. The summed E-state index contributed by atoms with van der Waals surface area (Å²) in [6.45, 7) is 3.16. The van der Waals surface area contributed by atoms with Crippen molar-refractivity contribution in [2.75, 3.05) is 18.5 Å². The van der Waals surface area contributed by atoms with Crippen LogP contribution in [0.3, 0.4) is 0 Å². The summed E-state index contributed by atoms with van der Waals surface area (Å²) in [5.74, 6) is 0.00851. The second-order valence-electron chi connectivity index (χ2n) is 7.19. The topological polar surface area (TPSA) is 67.4 Å². The zero-order valence-electron chi connectivity index (χ0n) is 17.8. The molecule has 0 unspecified atom stereocenters. The lowest BCUT2D eigenvalue weighted by Crippen LogP contribution is -2.27. The van der Waals surface area contributed by atoms with Crippen molar-refractivity contribution >= 4 is 17.5 Å².